The molecule has 0 aliphatic heterocycles. The highest BCUT2D eigenvalue weighted by Crippen LogP contribution is 2.25. The van der Waals surface area contributed by atoms with Crippen LogP contribution in [-0.2, 0) is 0 Å². The van der Waals surface area contributed by atoms with Crippen molar-refractivity contribution in [2.45, 2.75) is 19.4 Å². The van der Waals surface area contributed by atoms with Crippen LogP contribution in [0.1, 0.15) is 35.5 Å². The summed E-state index contributed by atoms with van der Waals surface area (Å²) in [6.07, 6.45) is 2.28. The lowest BCUT2D eigenvalue weighted by molar-refractivity contribution is 0.100. The van der Waals surface area contributed by atoms with Gasteiger partial charge in [0.05, 0.1) is 18.0 Å². The minimum Gasteiger partial charge on any atom is -0.467 e. The molecule has 0 aliphatic carbocycles. The zero-order chi connectivity index (χ0) is 13.8. The number of nitrogens with one attached hydrogen (secondary N) is 1. The molecule has 5 heteroatoms. The average Bonchev–Trinajstić information content (AvgIpc) is 2.91. The summed E-state index contributed by atoms with van der Waals surface area (Å²) in [5, 5.41) is 3.02. The zero-order valence-corrected chi connectivity index (χ0v) is 10.5. The summed E-state index contributed by atoms with van der Waals surface area (Å²) < 4.78 is 19.0. The number of anilines is 1. The molecule has 0 bridgehead atoms. The molecule has 2 rings (SSSR count). The van der Waals surface area contributed by atoms with Crippen LogP contribution in [0, 0.1) is 5.82 Å². The van der Waals surface area contributed by atoms with Crippen molar-refractivity contribution in [1.82, 2.24) is 0 Å². The number of benzene rings is 1. The highest BCUT2D eigenvalue weighted by Gasteiger charge is 2.15. The Morgan fingerprint density at radius 3 is 2.84 bits per heavy atom. The van der Waals surface area contributed by atoms with Gasteiger partial charge in [-0.1, -0.05) is 6.92 Å². The Morgan fingerprint density at radius 2 is 2.26 bits per heavy atom. The summed E-state index contributed by atoms with van der Waals surface area (Å²) in [4.78, 5) is 11.1. The lowest BCUT2D eigenvalue weighted by atomic mass is 10.1. The number of amides is 1. The summed E-state index contributed by atoms with van der Waals surface area (Å²) >= 11 is 0. The van der Waals surface area contributed by atoms with E-state index in [4.69, 9.17) is 10.2 Å². The third-order valence-electron chi connectivity index (χ3n) is 2.88. The van der Waals surface area contributed by atoms with Gasteiger partial charge in [-0.15, -0.1) is 0 Å². The van der Waals surface area contributed by atoms with Gasteiger partial charge in [0.25, 0.3) is 0 Å². The lowest BCUT2D eigenvalue weighted by Crippen LogP contribution is -2.14. The first-order valence-corrected chi connectivity index (χ1v) is 6.01. The second kappa shape index (κ2) is 5.56. The van der Waals surface area contributed by atoms with Crippen LogP contribution in [0.4, 0.5) is 10.1 Å². The fourth-order valence-electron chi connectivity index (χ4n) is 1.84. The standard InChI is InChI=1S/C14H15FN2O2/c1-2-11(13-4-3-7-19-13)17-12-8-9(14(16)18)5-6-10(12)15/h3-8,11,17H,2H2,1H3,(H2,16,18). The number of rotatable bonds is 5. The van der Waals surface area contributed by atoms with Crippen molar-refractivity contribution < 1.29 is 13.6 Å². The maximum absolute atomic E-state index is 13.7. The Morgan fingerprint density at radius 1 is 1.47 bits per heavy atom. The van der Waals surface area contributed by atoms with Crippen molar-refractivity contribution in [2.75, 3.05) is 5.32 Å². The maximum Gasteiger partial charge on any atom is 0.248 e. The minimum atomic E-state index is -0.589. The van der Waals surface area contributed by atoms with Crippen molar-refractivity contribution in [3.8, 4) is 0 Å². The number of primary amides is 1. The third kappa shape index (κ3) is 2.93. The van der Waals surface area contributed by atoms with Crippen molar-refractivity contribution in [3.63, 3.8) is 0 Å². The number of hydrogen-bond acceptors (Lipinski definition) is 3. The maximum atomic E-state index is 13.7. The predicted octanol–water partition coefficient (Wildman–Crippen LogP) is 3.08. The highest BCUT2D eigenvalue weighted by molar-refractivity contribution is 5.93. The molecule has 1 atom stereocenters. The van der Waals surface area contributed by atoms with Gasteiger partial charge in [-0.05, 0) is 36.8 Å². The van der Waals surface area contributed by atoms with Gasteiger partial charge in [-0.3, -0.25) is 4.79 Å². The van der Waals surface area contributed by atoms with Gasteiger partial charge in [0.15, 0.2) is 0 Å². The number of carbonyl (C=O) groups excluding carboxylic acids is 1. The zero-order valence-electron chi connectivity index (χ0n) is 10.5. The molecule has 0 saturated carbocycles. The molecule has 1 unspecified atom stereocenters. The summed E-state index contributed by atoms with van der Waals surface area (Å²) in [7, 11) is 0. The molecule has 1 aromatic heterocycles. The van der Waals surface area contributed by atoms with Crippen LogP contribution in [0.25, 0.3) is 0 Å². The topological polar surface area (TPSA) is 68.3 Å². The van der Waals surface area contributed by atoms with Crippen molar-refractivity contribution in [2.24, 2.45) is 5.73 Å². The fraction of sp³-hybridized carbons (Fsp3) is 0.214. The second-order valence-electron chi connectivity index (χ2n) is 4.18. The summed E-state index contributed by atoms with van der Waals surface area (Å²) in [5.41, 5.74) is 5.68. The van der Waals surface area contributed by atoms with E-state index in [0.29, 0.717) is 12.2 Å². The van der Waals surface area contributed by atoms with E-state index in [1.165, 1.54) is 18.2 Å². The van der Waals surface area contributed by atoms with E-state index in [1.807, 2.05) is 13.0 Å². The summed E-state index contributed by atoms with van der Waals surface area (Å²) in [6, 6.07) is 7.41. The molecule has 2 aromatic rings. The highest BCUT2D eigenvalue weighted by atomic mass is 19.1. The number of halogens is 1. The van der Waals surface area contributed by atoms with Crippen molar-refractivity contribution in [3.05, 3.63) is 53.7 Å². The van der Waals surface area contributed by atoms with E-state index in [1.54, 1.807) is 12.3 Å². The first-order chi connectivity index (χ1) is 9.11. The summed E-state index contributed by atoms with van der Waals surface area (Å²) in [6.45, 7) is 1.95. The Labute approximate surface area is 110 Å². The molecule has 0 aliphatic rings. The van der Waals surface area contributed by atoms with Crippen LogP contribution < -0.4 is 11.1 Å². The van der Waals surface area contributed by atoms with Gasteiger partial charge >= 0.3 is 0 Å². The van der Waals surface area contributed by atoms with Crippen LogP contribution in [0.3, 0.4) is 0 Å². The number of hydrogen-bond donors (Lipinski definition) is 2. The smallest absolute Gasteiger partial charge is 0.248 e. The average molecular weight is 262 g/mol. The molecular weight excluding hydrogens is 247 g/mol. The van der Waals surface area contributed by atoms with E-state index in [0.717, 1.165) is 0 Å². The molecule has 0 radical (unpaired) electrons. The molecule has 19 heavy (non-hydrogen) atoms. The van der Waals surface area contributed by atoms with Gasteiger partial charge in [-0.25, -0.2) is 4.39 Å². The Bertz CT molecular complexity index is 567. The van der Waals surface area contributed by atoms with Gasteiger partial charge in [-0.2, -0.15) is 0 Å². The normalized spacial score (nSPS) is 12.1. The molecule has 1 heterocycles. The molecule has 4 nitrogen and oxygen atoms in total. The molecule has 0 fully saturated rings. The molecular formula is C14H15FN2O2. The quantitative estimate of drug-likeness (QED) is 0.870. The largest absolute Gasteiger partial charge is 0.467 e. The minimum absolute atomic E-state index is 0.160. The van der Waals surface area contributed by atoms with Crippen LogP contribution in [0.5, 0.6) is 0 Å². The van der Waals surface area contributed by atoms with Crippen LogP contribution in [0.15, 0.2) is 41.0 Å². The molecule has 1 amide bonds. The van der Waals surface area contributed by atoms with E-state index >= 15 is 0 Å². The predicted molar refractivity (Wildman–Crippen MR) is 70.3 cm³/mol. The first-order valence-electron chi connectivity index (χ1n) is 6.01. The monoisotopic (exact) mass is 262 g/mol. The van der Waals surface area contributed by atoms with Gasteiger partial charge < -0.3 is 15.5 Å². The van der Waals surface area contributed by atoms with Gasteiger partial charge in [0.1, 0.15) is 11.6 Å². The number of nitrogens with two attached hydrogens (primary N) is 1. The van der Waals surface area contributed by atoms with Crippen LogP contribution in [0.2, 0.25) is 0 Å². The fourth-order valence-corrected chi connectivity index (χ4v) is 1.84. The summed E-state index contributed by atoms with van der Waals surface area (Å²) in [5.74, 6) is -0.310. The Kier molecular flexibility index (Phi) is 3.85. The third-order valence-corrected chi connectivity index (χ3v) is 2.88. The van der Waals surface area contributed by atoms with Crippen molar-refractivity contribution >= 4 is 11.6 Å². The van der Waals surface area contributed by atoms with E-state index in [9.17, 15) is 9.18 Å². The SMILES string of the molecule is CCC(Nc1cc(C(N)=O)ccc1F)c1ccco1. The molecule has 1 aromatic carbocycles. The number of carbonyl (C=O) groups is 1. The van der Waals surface area contributed by atoms with Crippen LogP contribution in [-0.4, -0.2) is 5.91 Å². The van der Waals surface area contributed by atoms with E-state index in [-0.39, 0.29) is 17.3 Å². The molecule has 3 N–H and O–H groups in total. The molecule has 0 spiro atoms. The van der Waals surface area contributed by atoms with Gasteiger partial charge in [0.2, 0.25) is 5.91 Å². The Balaban J connectivity index is 2.26. The molecule has 100 valence electrons. The Hall–Kier alpha value is -2.30. The van der Waals surface area contributed by atoms with Crippen molar-refractivity contribution in [1.29, 1.82) is 0 Å². The first kappa shape index (κ1) is 13.1. The van der Waals surface area contributed by atoms with E-state index < -0.39 is 11.7 Å². The van der Waals surface area contributed by atoms with E-state index in [2.05, 4.69) is 5.32 Å². The van der Waals surface area contributed by atoms with Crippen LogP contribution >= 0.6 is 0 Å². The lowest BCUT2D eigenvalue weighted by Gasteiger charge is -2.17. The molecule has 0 saturated heterocycles. The second-order valence-corrected chi connectivity index (χ2v) is 4.18. The van der Waals surface area contributed by atoms with Gasteiger partial charge in [0, 0.05) is 5.56 Å². The number of furan rings is 1.